The first-order valence-corrected chi connectivity index (χ1v) is 6.70. The Morgan fingerprint density at radius 3 is 2.63 bits per heavy atom. The Morgan fingerprint density at radius 2 is 1.89 bits per heavy atom. The molecule has 0 bridgehead atoms. The summed E-state index contributed by atoms with van der Waals surface area (Å²) in [5.74, 6) is 1.38. The summed E-state index contributed by atoms with van der Waals surface area (Å²) in [7, 11) is 0. The van der Waals surface area contributed by atoms with E-state index in [0.717, 1.165) is 11.1 Å². The Bertz CT molecular complexity index is 566. The fourth-order valence-electron chi connectivity index (χ4n) is 1.87. The number of benzene rings is 2. The van der Waals surface area contributed by atoms with Gasteiger partial charge in [0.15, 0.2) is 0 Å². The van der Waals surface area contributed by atoms with Gasteiger partial charge in [-0.25, -0.2) is 0 Å². The summed E-state index contributed by atoms with van der Waals surface area (Å²) in [4.78, 5) is 0. The van der Waals surface area contributed by atoms with E-state index in [-0.39, 0.29) is 0 Å². The van der Waals surface area contributed by atoms with Gasteiger partial charge >= 0.3 is 0 Å². The van der Waals surface area contributed by atoms with E-state index in [4.69, 9.17) is 16.3 Å². The van der Waals surface area contributed by atoms with Gasteiger partial charge in [-0.1, -0.05) is 42.8 Å². The summed E-state index contributed by atoms with van der Waals surface area (Å²) in [6.07, 6.45) is 0.130. The quantitative estimate of drug-likeness (QED) is 0.862. The summed E-state index contributed by atoms with van der Waals surface area (Å²) in [5.41, 5.74) is 1.80. The number of aliphatic hydroxyl groups is 1. The van der Waals surface area contributed by atoms with Gasteiger partial charge in [0.1, 0.15) is 11.5 Å². The summed E-state index contributed by atoms with van der Waals surface area (Å²) >= 11 is 5.98. The molecule has 0 aromatic heterocycles. The van der Waals surface area contributed by atoms with Crippen molar-refractivity contribution in [2.24, 2.45) is 0 Å². The fraction of sp³-hybridized carbons (Fsp3) is 0.250. The molecule has 0 aliphatic heterocycles. The van der Waals surface area contributed by atoms with Crippen LogP contribution in [0.25, 0.3) is 0 Å². The summed E-state index contributed by atoms with van der Waals surface area (Å²) in [6.45, 7) is 3.90. The number of para-hydroxylation sites is 1. The van der Waals surface area contributed by atoms with Crippen molar-refractivity contribution in [2.75, 3.05) is 0 Å². The molecule has 2 aromatic rings. The van der Waals surface area contributed by atoms with Crippen molar-refractivity contribution in [1.82, 2.24) is 0 Å². The zero-order valence-electron chi connectivity index (χ0n) is 11.1. The number of aliphatic hydroxyl groups excluding tert-OH is 1. The van der Waals surface area contributed by atoms with Crippen LogP contribution in [0.2, 0.25) is 5.02 Å². The number of aryl methyl sites for hydroxylation is 1. The Labute approximate surface area is 118 Å². The van der Waals surface area contributed by atoms with Crippen molar-refractivity contribution < 1.29 is 9.84 Å². The third-order valence-electron chi connectivity index (χ3n) is 3.03. The van der Waals surface area contributed by atoms with Crippen molar-refractivity contribution in [1.29, 1.82) is 0 Å². The van der Waals surface area contributed by atoms with Gasteiger partial charge in [-0.3, -0.25) is 0 Å². The van der Waals surface area contributed by atoms with Crippen molar-refractivity contribution in [2.45, 2.75) is 26.4 Å². The molecule has 19 heavy (non-hydrogen) atoms. The van der Waals surface area contributed by atoms with Gasteiger partial charge in [0.2, 0.25) is 0 Å². The van der Waals surface area contributed by atoms with Crippen LogP contribution in [0.5, 0.6) is 11.5 Å². The number of hydrogen-bond acceptors (Lipinski definition) is 2. The molecule has 0 saturated carbocycles. The Morgan fingerprint density at radius 1 is 1.16 bits per heavy atom. The second kappa shape index (κ2) is 6.09. The van der Waals surface area contributed by atoms with Crippen LogP contribution in [0.4, 0.5) is 0 Å². The predicted octanol–water partition coefficient (Wildman–Crippen LogP) is 4.88. The topological polar surface area (TPSA) is 29.5 Å². The van der Waals surface area contributed by atoms with Gasteiger partial charge in [-0.2, -0.15) is 0 Å². The minimum Gasteiger partial charge on any atom is -0.457 e. The first-order valence-electron chi connectivity index (χ1n) is 6.32. The van der Waals surface area contributed by atoms with Crippen LogP contribution in [0.3, 0.4) is 0 Å². The van der Waals surface area contributed by atoms with Gasteiger partial charge in [0, 0.05) is 10.6 Å². The average Bonchev–Trinajstić information content (AvgIpc) is 2.42. The van der Waals surface area contributed by atoms with Gasteiger partial charge in [-0.05, 0) is 37.1 Å². The minimum atomic E-state index is -0.518. The normalized spacial score (nSPS) is 12.2. The molecule has 0 spiro atoms. The molecule has 1 N–H and O–H groups in total. The summed E-state index contributed by atoms with van der Waals surface area (Å²) in [6, 6.07) is 13.0. The zero-order valence-corrected chi connectivity index (χ0v) is 11.8. The molecule has 2 rings (SSSR count). The molecule has 1 unspecified atom stereocenters. The van der Waals surface area contributed by atoms with Crippen molar-refractivity contribution in [3.8, 4) is 11.5 Å². The van der Waals surface area contributed by atoms with Crippen LogP contribution in [0.1, 0.15) is 30.6 Å². The molecule has 0 aliphatic rings. The molecule has 0 amide bonds. The maximum atomic E-state index is 10.0. The van der Waals surface area contributed by atoms with Gasteiger partial charge in [0.05, 0.1) is 6.10 Å². The van der Waals surface area contributed by atoms with E-state index in [0.29, 0.717) is 22.9 Å². The van der Waals surface area contributed by atoms with Gasteiger partial charge in [-0.15, -0.1) is 0 Å². The molecule has 0 heterocycles. The Balaban J connectivity index is 2.35. The lowest BCUT2D eigenvalue weighted by molar-refractivity contribution is 0.170. The van der Waals surface area contributed by atoms with Gasteiger partial charge < -0.3 is 9.84 Å². The third-order valence-corrected chi connectivity index (χ3v) is 3.27. The molecule has 3 heteroatoms. The SMILES string of the molecule is CCC(O)c1ccccc1Oc1cc(Cl)ccc1C. The van der Waals surface area contributed by atoms with E-state index >= 15 is 0 Å². The summed E-state index contributed by atoms with van der Waals surface area (Å²) in [5, 5.41) is 10.6. The first kappa shape index (κ1) is 13.9. The highest BCUT2D eigenvalue weighted by atomic mass is 35.5. The second-order valence-corrected chi connectivity index (χ2v) is 4.91. The average molecular weight is 277 g/mol. The van der Waals surface area contributed by atoms with Crippen LogP contribution in [-0.2, 0) is 0 Å². The van der Waals surface area contributed by atoms with Crippen LogP contribution >= 0.6 is 11.6 Å². The zero-order chi connectivity index (χ0) is 13.8. The van der Waals surface area contributed by atoms with Crippen LogP contribution in [0.15, 0.2) is 42.5 Å². The van der Waals surface area contributed by atoms with E-state index in [1.165, 1.54) is 0 Å². The molecule has 100 valence electrons. The number of ether oxygens (including phenoxy) is 1. The second-order valence-electron chi connectivity index (χ2n) is 4.47. The van der Waals surface area contributed by atoms with E-state index in [2.05, 4.69) is 0 Å². The van der Waals surface area contributed by atoms with E-state index < -0.39 is 6.10 Å². The smallest absolute Gasteiger partial charge is 0.133 e. The highest BCUT2D eigenvalue weighted by Crippen LogP contribution is 2.33. The highest BCUT2D eigenvalue weighted by molar-refractivity contribution is 6.30. The Kier molecular flexibility index (Phi) is 4.46. The molecule has 2 aromatic carbocycles. The van der Waals surface area contributed by atoms with E-state index in [1.54, 1.807) is 6.07 Å². The molecular formula is C16H17ClO2. The lowest BCUT2D eigenvalue weighted by Gasteiger charge is -2.16. The standard InChI is InChI=1S/C16H17ClO2/c1-3-14(18)13-6-4-5-7-15(13)19-16-10-12(17)9-8-11(16)2/h4-10,14,18H,3H2,1-2H3. The summed E-state index contributed by atoms with van der Waals surface area (Å²) < 4.78 is 5.90. The molecule has 2 nitrogen and oxygen atoms in total. The van der Waals surface area contributed by atoms with E-state index in [1.807, 2.05) is 50.2 Å². The van der Waals surface area contributed by atoms with Crippen molar-refractivity contribution in [3.05, 3.63) is 58.6 Å². The molecule has 0 aliphatic carbocycles. The van der Waals surface area contributed by atoms with Crippen molar-refractivity contribution in [3.63, 3.8) is 0 Å². The van der Waals surface area contributed by atoms with Crippen molar-refractivity contribution >= 4 is 11.6 Å². The van der Waals surface area contributed by atoms with E-state index in [9.17, 15) is 5.11 Å². The van der Waals surface area contributed by atoms with Gasteiger partial charge in [0.25, 0.3) is 0 Å². The fourth-order valence-corrected chi connectivity index (χ4v) is 2.03. The molecule has 0 fully saturated rings. The van der Waals surface area contributed by atoms with Crippen LogP contribution in [-0.4, -0.2) is 5.11 Å². The lowest BCUT2D eigenvalue weighted by Crippen LogP contribution is -1.99. The first-order chi connectivity index (χ1) is 9.11. The number of rotatable bonds is 4. The minimum absolute atomic E-state index is 0.518. The third kappa shape index (κ3) is 3.28. The molecule has 0 saturated heterocycles. The van der Waals surface area contributed by atoms with Crippen LogP contribution < -0.4 is 4.74 Å². The maximum Gasteiger partial charge on any atom is 0.133 e. The molecule has 0 radical (unpaired) electrons. The largest absolute Gasteiger partial charge is 0.457 e. The predicted molar refractivity (Wildman–Crippen MR) is 78.0 cm³/mol. The van der Waals surface area contributed by atoms with Crippen LogP contribution in [0, 0.1) is 6.92 Å². The highest BCUT2D eigenvalue weighted by Gasteiger charge is 2.12. The number of halogens is 1. The monoisotopic (exact) mass is 276 g/mol. The Hall–Kier alpha value is -1.51. The molecule has 1 atom stereocenters. The maximum absolute atomic E-state index is 10.0. The number of hydrogen-bond donors (Lipinski definition) is 1. The molecular weight excluding hydrogens is 260 g/mol. The lowest BCUT2D eigenvalue weighted by atomic mass is 10.1.